The van der Waals surface area contributed by atoms with Crippen LogP contribution in [0.25, 0.3) is 0 Å². The summed E-state index contributed by atoms with van der Waals surface area (Å²) in [4.78, 5) is 7.91. The van der Waals surface area contributed by atoms with Crippen LogP contribution in [0.15, 0.2) is 18.7 Å². The predicted molar refractivity (Wildman–Crippen MR) is 47.9 cm³/mol. The van der Waals surface area contributed by atoms with E-state index < -0.39 is 0 Å². The molecule has 1 aromatic rings. The molecule has 0 aliphatic heterocycles. The van der Waals surface area contributed by atoms with E-state index in [1.54, 1.807) is 6.33 Å². The Morgan fingerprint density at radius 1 is 1.17 bits per heavy atom. The molecule has 1 aromatic heterocycles. The summed E-state index contributed by atoms with van der Waals surface area (Å²) in [5.74, 6) is 0. The first-order chi connectivity index (χ1) is 5.95. The first kappa shape index (κ1) is 7.53. The number of aromatic nitrogens is 2. The van der Waals surface area contributed by atoms with E-state index in [1.165, 1.54) is 25.7 Å². The lowest BCUT2D eigenvalue weighted by atomic mass is 10.2. The average molecular weight is 163 g/mol. The monoisotopic (exact) mass is 163 g/mol. The quantitative estimate of drug-likeness (QED) is 0.722. The number of hydrogen-bond donors (Lipinski definition) is 1. The molecule has 1 aliphatic carbocycles. The number of hydrogen-bond acceptors (Lipinski definition) is 3. The van der Waals surface area contributed by atoms with Crippen molar-refractivity contribution < 1.29 is 0 Å². The van der Waals surface area contributed by atoms with E-state index in [0.717, 1.165) is 5.69 Å². The van der Waals surface area contributed by atoms with Crippen molar-refractivity contribution in [3.8, 4) is 0 Å². The molecule has 0 saturated heterocycles. The van der Waals surface area contributed by atoms with E-state index >= 15 is 0 Å². The molecular weight excluding hydrogens is 150 g/mol. The topological polar surface area (TPSA) is 37.8 Å². The Balaban J connectivity index is 1.94. The molecule has 1 N–H and O–H groups in total. The molecule has 0 aromatic carbocycles. The summed E-state index contributed by atoms with van der Waals surface area (Å²) in [7, 11) is 0. The average Bonchev–Trinajstić information content (AvgIpc) is 2.59. The van der Waals surface area contributed by atoms with Gasteiger partial charge in [0.1, 0.15) is 6.33 Å². The Labute approximate surface area is 72.2 Å². The van der Waals surface area contributed by atoms with Crippen LogP contribution in [0.1, 0.15) is 25.7 Å². The zero-order valence-electron chi connectivity index (χ0n) is 7.03. The minimum Gasteiger partial charge on any atom is -0.380 e. The van der Waals surface area contributed by atoms with E-state index in [9.17, 15) is 0 Å². The van der Waals surface area contributed by atoms with Crippen LogP contribution in [0, 0.1) is 0 Å². The zero-order valence-corrected chi connectivity index (χ0v) is 7.03. The number of rotatable bonds is 2. The van der Waals surface area contributed by atoms with E-state index in [4.69, 9.17) is 0 Å². The van der Waals surface area contributed by atoms with Gasteiger partial charge >= 0.3 is 0 Å². The summed E-state index contributed by atoms with van der Waals surface area (Å²) < 4.78 is 0. The smallest absolute Gasteiger partial charge is 0.115 e. The number of nitrogens with one attached hydrogen (secondary N) is 1. The first-order valence-electron chi connectivity index (χ1n) is 4.47. The summed E-state index contributed by atoms with van der Waals surface area (Å²) >= 11 is 0. The molecule has 1 aliphatic rings. The lowest BCUT2D eigenvalue weighted by molar-refractivity contribution is 0.753. The molecule has 64 valence electrons. The predicted octanol–water partition coefficient (Wildman–Crippen LogP) is 1.83. The molecule has 0 unspecified atom stereocenters. The van der Waals surface area contributed by atoms with Crippen molar-refractivity contribution in [2.45, 2.75) is 31.7 Å². The van der Waals surface area contributed by atoms with Gasteiger partial charge in [-0.2, -0.15) is 0 Å². The van der Waals surface area contributed by atoms with E-state index in [2.05, 4.69) is 15.3 Å². The third-order valence-corrected chi connectivity index (χ3v) is 2.29. The molecule has 0 atom stereocenters. The van der Waals surface area contributed by atoms with Gasteiger partial charge in [0.25, 0.3) is 0 Å². The van der Waals surface area contributed by atoms with E-state index in [-0.39, 0.29) is 0 Å². The fraction of sp³-hybridized carbons (Fsp3) is 0.556. The van der Waals surface area contributed by atoms with Gasteiger partial charge in [-0.1, -0.05) is 12.8 Å². The highest BCUT2D eigenvalue weighted by Gasteiger charge is 2.13. The molecule has 2 rings (SSSR count). The largest absolute Gasteiger partial charge is 0.380 e. The van der Waals surface area contributed by atoms with Crippen molar-refractivity contribution in [1.29, 1.82) is 0 Å². The maximum atomic E-state index is 3.95. The van der Waals surface area contributed by atoms with Gasteiger partial charge in [-0.15, -0.1) is 0 Å². The van der Waals surface area contributed by atoms with Crippen molar-refractivity contribution in [3.05, 3.63) is 18.7 Å². The van der Waals surface area contributed by atoms with Crippen molar-refractivity contribution >= 4 is 5.69 Å². The molecule has 0 radical (unpaired) electrons. The second-order valence-corrected chi connectivity index (χ2v) is 3.25. The van der Waals surface area contributed by atoms with Crippen LogP contribution in [0.3, 0.4) is 0 Å². The Hall–Kier alpha value is -1.12. The Morgan fingerprint density at radius 2 is 1.83 bits per heavy atom. The highest BCUT2D eigenvalue weighted by atomic mass is 15.0. The lowest BCUT2D eigenvalue weighted by Gasteiger charge is -2.11. The van der Waals surface area contributed by atoms with Gasteiger partial charge in [-0.3, -0.25) is 0 Å². The molecule has 0 amide bonds. The minimum absolute atomic E-state index is 0.649. The number of nitrogens with zero attached hydrogens (tertiary/aromatic N) is 2. The van der Waals surface area contributed by atoms with Crippen LogP contribution >= 0.6 is 0 Å². The van der Waals surface area contributed by atoms with E-state index in [1.807, 2.05) is 12.4 Å². The third kappa shape index (κ3) is 1.72. The van der Waals surface area contributed by atoms with Crippen molar-refractivity contribution in [2.75, 3.05) is 5.32 Å². The molecule has 1 saturated carbocycles. The summed E-state index contributed by atoms with van der Waals surface area (Å²) in [6.45, 7) is 0. The number of anilines is 1. The van der Waals surface area contributed by atoms with Crippen molar-refractivity contribution in [3.63, 3.8) is 0 Å². The van der Waals surface area contributed by atoms with Gasteiger partial charge in [0.2, 0.25) is 0 Å². The second-order valence-electron chi connectivity index (χ2n) is 3.25. The highest BCUT2D eigenvalue weighted by Crippen LogP contribution is 2.21. The highest BCUT2D eigenvalue weighted by molar-refractivity contribution is 5.38. The third-order valence-electron chi connectivity index (χ3n) is 2.29. The van der Waals surface area contributed by atoms with Gasteiger partial charge in [-0.25, -0.2) is 9.97 Å². The molecule has 1 heterocycles. The molecule has 0 spiro atoms. The maximum Gasteiger partial charge on any atom is 0.115 e. The summed E-state index contributed by atoms with van der Waals surface area (Å²) in [5.41, 5.74) is 1.05. The summed E-state index contributed by atoms with van der Waals surface area (Å²) in [6.07, 6.45) is 10.5. The fourth-order valence-electron chi connectivity index (χ4n) is 1.68. The van der Waals surface area contributed by atoms with Gasteiger partial charge in [-0.05, 0) is 12.8 Å². The fourth-order valence-corrected chi connectivity index (χ4v) is 1.68. The summed E-state index contributed by atoms with van der Waals surface area (Å²) in [6, 6.07) is 0.649. The SMILES string of the molecule is c1ncc(NC2CCCC2)cn1. The lowest BCUT2D eigenvalue weighted by Crippen LogP contribution is -2.14. The van der Waals surface area contributed by atoms with Crippen LogP contribution in [0.4, 0.5) is 5.69 Å². The molecular formula is C9H13N3. The molecule has 3 nitrogen and oxygen atoms in total. The summed E-state index contributed by atoms with van der Waals surface area (Å²) in [5, 5.41) is 3.42. The van der Waals surface area contributed by atoms with Gasteiger partial charge in [0.05, 0.1) is 18.1 Å². The molecule has 1 fully saturated rings. The van der Waals surface area contributed by atoms with Crippen LogP contribution in [0.5, 0.6) is 0 Å². The van der Waals surface area contributed by atoms with Gasteiger partial charge in [0.15, 0.2) is 0 Å². The van der Waals surface area contributed by atoms with Crippen LogP contribution in [-0.4, -0.2) is 16.0 Å². The molecule has 0 bridgehead atoms. The second kappa shape index (κ2) is 3.52. The zero-order chi connectivity index (χ0) is 8.23. The Bertz CT molecular complexity index is 229. The molecule has 12 heavy (non-hydrogen) atoms. The standard InChI is InChI=1S/C9H13N3/c1-2-4-8(3-1)12-9-5-10-7-11-6-9/h5-8,12H,1-4H2. The molecule has 3 heteroatoms. The Kier molecular flexibility index (Phi) is 2.21. The van der Waals surface area contributed by atoms with Crippen molar-refractivity contribution in [2.24, 2.45) is 0 Å². The van der Waals surface area contributed by atoms with E-state index in [0.29, 0.717) is 6.04 Å². The van der Waals surface area contributed by atoms with Crippen LogP contribution < -0.4 is 5.32 Å². The Morgan fingerprint density at radius 3 is 2.50 bits per heavy atom. The van der Waals surface area contributed by atoms with Crippen LogP contribution in [-0.2, 0) is 0 Å². The minimum atomic E-state index is 0.649. The maximum absolute atomic E-state index is 3.95. The first-order valence-corrected chi connectivity index (χ1v) is 4.47. The van der Waals surface area contributed by atoms with Crippen LogP contribution in [0.2, 0.25) is 0 Å². The van der Waals surface area contributed by atoms with Gasteiger partial charge in [0, 0.05) is 6.04 Å². The normalized spacial score (nSPS) is 18.0. The van der Waals surface area contributed by atoms with Gasteiger partial charge < -0.3 is 5.32 Å². The van der Waals surface area contributed by atoms with Crippen molar-refractivity contribution in [1.82, 2.24) is 9.97 Å².